The van der Waals surface area contributed by atoms with Gasteiger partial charge >= 0.3 is 0 Å². The van der Waals surface area contributed by atoms with Crippen molar-refractivity contribution in [3.63, 3.8) is 0 Å². The van der Waals surface area contributed by atoms with Crippen molar-refractivity contribution in [1.29, 1.82) is 0 Å². The number of nitrogens with zero attached hydrogens (tertiary/aromatic N) is 1. The summed E-state index contributed by atoms with van der Waals surface area (Å²) in [6.07, 6.45) is 2.51. The zero-order chi connectivity index (χ0) is 19.4. The number of allylic oxidation sites excluding steroid dienone is 2. The van der Waals surface area contributed by atoms with Gasteiger partial charge in [-0.1, -0.05) is 19.9 Å². The Labute approximate surface area is 155 Å². The van der Waals surface area contributed by atoms with Crippen LogP contribution in [0.5, 0.6) is 5.75 Å². The highest BCUT2D eigenvalue weighted by atomic mass is 16.3. The van der Waals surface area contributed by atoms with Gasteiger partial charge in [0, 0.05) is 25.8 Å². The lowest BCUT2D eigenvalue weighted by atomic mass is 9.96. The lowest BCUT2D eigenvalue weighted by molar-refractivity contribution is -0.116. The molecular weight excluding hydrogens is 330 g/mol. The van der Waals surface area contributed by atoms with Gasteiger partial charge in [-0.2, -0.15) is 0 Å². The number of aromatic hydroxyl groups is 1. The van der Waals surface area contributed by atoms with Gasteiger partial charge < -0.3 is 20.6 Å². The lowest BCUT2D eigenvalue weighted by Gasteiger charge is -2.28. The molecule has 0 saturated carbocycles. The first-order chi connectivity index (χ1) is 12.2. The summed E-state index contributed by atoms with van der Waals surface area (Å²) in [5.41, 5.74) is 1.88. The number of carbonyl (C=O) groups excluding carboxylic acids is 2. The molecule has 0 bridgehead atoms. The van der Waals surface area contributed by atoms with Gasteiger partial charge in [-0.05, 0) is 37.8 Å². The number of ketones is 1. The van der Waals surface area contributed by atoms with E-state index in [1.54, 1.807) is 32.3 Å². The van der Waals surface area contributed by atoms with Crippen LogP contribution in [-0.4, -0.2) is 41.8 Å². The molecule has 1 aromatic carbocycles. The Morgan fingerprint density at radius 1 is 1.23 bits per heavy atom. The number of Topliss-reactive ketones (excluding diaryl/α,β-unsaturated/α-hetero) is 1. The summed E-state index contributed by atoms with van der Waals surface area (Å²) in [6.45, 7) is 6.48. The van der Waals surface area contributed by atoms with Crippen molar-refractivity contribution < 1.29 is 14.7 Å². The van der Waals surface area contributed by atoms with Crippen molar-refractivity contribution in [3.8, 4) is 5.75 Å². The second-order valence-corrected chi connectivity index (χ2v) is 7.50. The molecule has 6 nitrogen and oxygen atoms in total. The molecule has 26 heavy (non-hydrogen) atoms. The number of phenolic OH excluding ortho intramolecular Hbond substituents is 1. The average molecular weight is 359 g/mol. The summed E-state index contributed by atoms with van der Waals surface area (Å²) in [4.78, 5) is 25.5. The quantitative estimate of drug-likeness (QED) is 0.621. The first kappa shape index (κ1) is 19.8. The van der Waals surface area contributed by atoms with Crippen molar-refractivity contribution in [1.82, 2.24) is 10.2 Å². The molecular formula is C20H29N3O3. The monoisotopic (exact) mass is 359 g/mol. The van der Waals surface area contributed by atoms with E-state index in [4.69, 9.17) is 0 Å². The van der Waals surface area contributed by atoms with Crippen molar-refractivity contribution >= 4 is 17.4 Å². The number of amides is 1. The van der Waals surface area contributed by atoms with Gasteiger partial charge in [-0.25, -0.2) is 0 Å². The Morgan fingerprint density at radius 3 is 2.50 bits per heavy atom. The Balaban J connectivity index is 2.15. The fourth-order valence-electron chi connectivity index (χ4n) is 2.81. The van der Waals surface area contributed by atoms with Crippen molar-refractivity contribution in [2.24, 2.45) is 5.92 Å². The summed E-state index contributed by atoms with van der Waals surface area (Å²) >= 11 is 0. The zero-order valence-corrected chi connectivity index (χ0v) is 16.2. The summed E-state index contributed by atoms with van der Waals surface area (Å²) in [5, 5.41) is 16.8. The molecule has 1 aliphatic rings. The third-order valence-electron chi connectivity index (χ3n) is 4.45. The average Bonchev–Trinajstić information content (AvgIpc) is 2.57. The van der Waals surface area contributed by atoms with E-state index in [-0.39, 0.29) is 29.0 Å². The molecule has 0 spiro atoms. The maximum atomic E-state index is 12.1. The Hall–Kier alpha value is -2.50. The topological polar surface area (TPSA) is 81.7 Å². The van der Waals surface area contributed by atoms with Crippen LogP contribution in [0.3, 0.4) is 0 Å². The molecule has 0 radical (unpaired) electrons. The highest BCUT2D eigenvalue weighted by Crippen LogP contribution is 2.32. The molecule has 0 aromatic heterocycles. The fraction of sp³-hybridized carbons (Fsp3) is 0.500. The van der Waals surface area contributed by atoms with E-state index in [0.717, 1.165) is 18.5 Å². The Morgan fingerprint density at radius 2 is 1.92 bits per heavy atom. The van der Waals surface area contributed by atoms with Gasteiger partial charge in [0.1, 0.15) is 5.70 Å². The fourth-order valence-corrected chi connectivity index (χ4v) is 2.81. The molecule has 1 aromatic rings. The molecule has 1 aliphatic carbocycles. The Bertz CT molecular complexity index is 723. The summed E-state index contributed by atoms with van der Waals surface area (Å²) < 4.78 is 0. The number of hydrogen-bond acceptors (Lipinski definition) is 5. The van der Waals surface area contributed by atoms with Crippen LogP contribution < -0.4 is 10.6 Å². The SMILES string of the molecule is CC(C)CCC(C)NC1=C(Nc2cccc(C(=O)N(C)C)c2O)C(=O)C1. The van der Waals surface area contributed by atoms with Crippen LogP contribution in [-0.2, 0) is 4.79 Å². The van der Waals surface area contributed by atoms with Crippen LogP contribution in [0.2, 0.25) is 0 Å². The molecule has 6 heteroatoms. The van der Waals surface area contributed by atoms with Gasteiger partial charge in [-0.3, -0.25) is 9.59 Å². The summed E-state index contributed by atoms with van der Waals surface area (Å²) in [5.74, 6) is 0.196. The molecule has 3 N–H and O–H groups in total. The van der Waals surface area contributed by atoms with Gasteiger partial charge in [0.05, 0.1) is 17.7 Å². The first-order valence-electron chi connectivity index (χ1n) is 9.04. The molecule has 0 heterocycles. The highest BCUT2D eigenvalue weighted by molar-refractivity contribution is 6.07. The number of hydrogen-bond donors (Lipinski definition) is 3. The minimum atomic E-state index is -0.291. The van der Waals surface area contributed by atoms with Crippen LogP contribution in [0.1, 0.15) is 50.4 Å². The first-order valence-corrected chi connectivity index (χ1v) is 9.04. The van der Waals surface area contributed by atoms with Gasteiger partial charge in [0.2, 0.25) is 0 Å². The maximum absolute atomic E-state index is 12.1. The molecule has 142 valence electrons. The van der Waals surface area contributed by atoms with E-state index in [0.29, 0.717) is 23.7 Å². The molecule has 1 amide bonds. The van der Waals surface area contributed by atoms with E-state index < -0.39 is 0 Å². The second kappa shape index (κ2) is 8.25. The number of benzene rings is 1. The van der Waals surface area contributed by atoms with Crippen LogP contribution in [0.15, 0.2) is 29.6 Å². The molecule has 2 rings (SSSR count). The molecule has 1 unspecified atom stereocenters. The lowest BCUT2D eigenvalue weighted by Crippen LogP contribution is -2.37. The number of rotatable bonds is 8. The third kappa shape index (κ3) is 4.56. The van der Waals surface area contributed by atoms with Crippen molar-refractivity contribution in [2.45, 2.75) is 46.1 Å². The Kier molecular flexibility index (Phi) is 6.29. The van der Waals surface area contributed by atoms with Crippen molar-refractivity contribution in [2.75, 3.05) is 19.4 Å². The van der Waals surface area contributed by atoms with E-state index in [9.17, 15) is 14.7 Å². The largest absolute Gasteiger partial charge is 0.505 e. The molecule has 0 fully saturated rings. The smallest absolute Gasteiger partial charge is 0.257 e. The third-order valence-corrected chi connectivity index (χ3v) is 4.45. The summed E-state index contributed by atoms with van der Waals surface area (Å²) in [6, 6.07) is 5.17. The highest BCUT2D eigenvalue weighted by Gasteiger charge is 2.29. The predicted octanol–water partition coefficient (Wildman–Crippen LogP) is 3.10. The van der Waals surface area contributed by atoms with Gasteiger partial charge in [0.15, 0.2) is 11.5 Å². The minimum absolute atomic E-state index is 0.00713. The standard InChI is InChI=1S/C20H29N3O3/c1-12(2)9-10-13(3)21-16-11-17(24)18(16)22-15-8-6-7-14(19(15)25)20(26)23(4)5/h6-8,12-13,21-22,25H,9-11H2,1-5H3. The predicted molar refractivity (Wildman–Crippen MR) is 103 cm³/mol. The number of anilines is 1. The number of nitrogens with one attached hydrogen (secondary N) is 2. The second-order valence-electron chi connectivity index (χ2n) is 7.50. The van der Waals surface area contributed by atoms with E-state index in [1.807, 2.05) is 0 Å². The van der Waals surface area contributed by atoms with E-state index in [2.05, 4.69) is 31.4 Å². The van der Waals surface area contributed by atoms with E-state index >= 15 is 0 Å². The molecule has 0 aliphatic heterocycles. The number of para-hydroxylation sites is 1. The number of carbonyl (C=O) groups is 2. The minimum Gasteiger partial charge on any atom is -0.505 e. The van der Waals surface area contributed by atoms with E-state index in [1.165, 1.54) is 4.90 Å². The van der Waals surface area contributed by atoms with Crippen LogP contribution in [0, 0.1) is 5.92 Å². The van der Waals surface area contributed by atoms with Gasteiger partial charge in [0.25, 0.3) is 5.91 Å². The van der Waals surface area contributed by atoms with Crippen LogP contribution >= 0.6 is 0 Å². The summed E-state index contributed by atoms with van der Waals surface area (Å²) in [7, 11) is 3.25. The van der Waals surface area contributed by atoms with Crippen molar-refractivity contribution in [3.05, 3.63) is 35.2 Å². The molecule has 0 saturated heterocycles. The van der Waals surface area contributed by atoms with Crippen LogP contribution in [0.4, 0.5) is 5.69 Å². The zero-order valence-electron chi connectivity index (χ0n) is 16.2. The normalized spacial score (nSPS) is 14.9. The van der Waals surface area contributed by atoms with Gasteiger partial charge in [-0.15, -0.1) is 0 Å². The maximum Gasteiger partial charge on any atom is 0.257 e. The van der Waals surface area contributed by atoms with Crippen LogP contribution in [0.25, 0.3) is 0 Å². The molecule has 1 atom stereocenters. The number of phenols is 1.